The predicted octanol–water partition coefficient (Wildman–Crippen LogP) is -0.935. The molecule has 0 aliphatic rings. The summed E-state index contributed by atoms with van der Waals surface area (Å²) in [4.78, 5) is 0.00887. The molecular weight excluding hydrogens is 351 g/mol. The molecule has 118 valence electrons. The molecule has 0 aliphatic heterocycles. The molecule has 1 atom stereocenters. The molecule has 0 aliphatic carbocycles. The fourth-order valence-corrected chi connectivity index (χ4v) is 3.16. The van der Waals surface area contributed by atoms with Crippen molar-refractivity contribution < 1.29 is 55.1 Å². The fourth-order valence-electron chi connectivity index (χ4n) is 1.72. The van der Waals surface area contributed by atoms with Crippen LogP contribution in [0.1, 0.15) is 17.7 Å². The Morgan fingerprint density at radius 3 is 1.91 bits per heavy atom. The van der Waals surface area contributed by atoms with Crippen molar-refractivity contribution in [1.82, 2.24) is 0 Å². The molecule has 2 aromatic carbocycles. The van der Waals surface area contributed by atoms with Gasteiger partial charge in [0.15, 0.2) is 0 Å². The average Bonchev–Trinajstić information content (AvgIpc) is 2.47. The minimum absolute atomic E-state index is 0. The first-order valence-corrected chi connectivity index (χ1v) is 9.12. The average molecular weight is 364 g/mol. The summed E-state index contributed by atoms with van der Waals surface area (Å²) in [6, 6.07) is 12.9. The SMILES string of the molecule is CC(c1ccc(OS(=O)(=O)c2ccccc2)cc1)S(=O)(=O)[O-].[Na+]. The van der Waals surface area contributed by atoms with Crippen LogP contribution in [0.4, 0.5) is 0 Å². The largest absolute Gasteiger partial charge is 1.00 e. The molecule has 1 unspecified atom stereocenters. The summed E-state index contributed by atoms with van der Waals surface area (Å²) in [5.41, 5.74) is 0.263. The second kappa shape index (κ2) is 7.78. The van der Waals surface area contributed by atoms with Crippen LogP contribution in [0.2, 0.25) is 0 Å². The van der Waals surface area contributed by atoms with Crippen molar-refractivity contribution in [3.05, 3.63) is 60.2 Å². The van der Waals surface area contributed by atoms with Gasteiger partial charge in [-0.1, -0.05) is 30.3 Å². The number of hydrogen-bond acceptors (Lipinski definition) is 6. The minimum Gasteiger partial charge on any atom is -0.747 e. The Hall–Kier alpha value is -0.900. The fraction of sp³-hybridized carbons (Fsp3) is 0.143. The van der Waals surface area contributed by atoms with Crippen LogP contribution in [0.3, 0.4) is 0 Å². The van der Waals surface area contributed by atoms with E-state index >= 15 is 0 Å². The number of hydrogen-bond donors (Lipinski definition) is 0. The second-order valence-electron chi connectivity index (χ2n) is 4.55. The van der Waals surface area contributed by atoms with E-state index in [1.54, 1.807) is 18.2 Å². The maximum absolute atomic E-state index is 12.0. The first-order valence-electron chi connectivity index (χ1n) is 6.24. The van der Waals surface area contributed by atoms with Crippen LogP contribution >= 0.6 is 0 Å². The molecule has 0 heterocycles. The Labute approximate surface area is 157 Å². The van der Waals surface area contributed by atoms with Crippen LogP contribution in [0, 0.1) is 0 Å². The maximum Gasteiger partial charge on any atom is 1.00 e. The van der Waals surface area contributed by atoms with Gasteiger partial charge in [-0.05, 0) is 36.8 Å². The molecule has 0 saturated carbocycles. The van der Waals surface area contributed by atoms with Gasteiger partial charge in [0, 0.05) is 0 Å². The van der Waals surface area contributed by atoms with Crippen molar-refractivity contribution in [3.63, 3.8) is 0 Å². The van der Waals surface area contributed by atoms with Crippen molar-refractivity contribution in [1.29, 1.82) is 0 Å². The minimum atomic E-state index is -4.46. The summed E-state index contributed by atoms with van der Waals surface area (Å²) in [6.45, 7) is 1.26. The van der Waals surface area contributed by atoms with Gasteiger partial charge in [0.2, 0.25) is 0 Å². The Balaban J connectivity index is 0.00000264. The Kier molecular flexibility index (Phi) is 6.81. The quantitative estimate of drug-likeness (QED) is 0.386. The zero-order chi connectivity index (χ0) is 16.4. The van der Waals surface area contributed by atoms with E-state index in [1.165, 1.54) is 43.3 Å². The van der Waals surface area contributed by atoms with Crippen LogP contribution in [0.15, 0.2) is 59.5 Å². The Bertz CT molecular complexity index is 846. The van der Waals surface area contributed by atoms with Gasteiger partial charge < -0.3 is 8.74 Å². The van der Waals surface area contributed by atoms with E-state index < -0.39 is 25.5 Å². The van der Waals surface area contributed by atoms with Crippen molar-refractivity contribution >= 4 is 20.2 Å². The van der Waals surface area contributed by atoms with Crippen molar-refractivity contribution in [2.45, 2.75) is 17.1 Å². The Morgan fingerprint density at radius 1 is 0.913 bits per heavy atom. The summed E-state index contributed by atoms with van der Waals surface area (Å²) in [6.07, 6.45) is 0. The molecule has 0 N–H and O–H groups in total. The number of rotatable bonds is 5. The van der Waals surface area contributed by atoms with E-state index in [4.69, 9.17) is 4.18 Å². The van der Waals surface area contributed by atoms with Crippen LogP contribution in [-0.4, -0.2) is 21.4 Å². The molecule has 23 heavy (non-hydrogen) atoms. The van der Waals surface area contributed by atoms with Gasteiger partial charge in [-0.2, -0.15) is 8.42 Å². The molecule has 0 bridgehead atoms. The smallest absolute Gasteiger partial charge is 0.747 e. The zero-order valence-electron chi connectivity index (χ0n) is 12.5. The molecule has 2 rings (SSSR count). The van der Waals surface area contributed by atoms with E-state index in [0.717, 1.165) is 0 Å². The van der Waals surface area contributed by atoms with Crippen LogP contribution < -0.4 is 33.7 Å². The van der Waals surface area contributed by atoms with E-state index in [2.05, 4.69) is 0 Å². The maximum atomic E-state index is 12.0. The molecule has 0 spiro atoms. The van der Waals surface area contributed by atoms with Crippen molar-refractivity contribution in [2.24, 2.45) is 0 Å². The monoisotopic (exact) mass is 364 g/mol. The third kappa shape index (κ3) is 5.30. The van der Waals surface area contributed by atoms with Crippen molar-refractivity contribution in [3.8, 4) is 5.75 Å². The van der Waals surface area contributed by atoms with Gasteiger partial charge in [0.1, 0.15) is 20.8 Å². The van der Waals surface area contributed by atoms with E-state index in [-0.39, 0.29) is 45.8 Å². The molecule has 0 saturated heterocycles. The summed E-state index contributed by atoms with van der Waals surface area (Å²) in [5, 5.41) is -1.22. The topological polar surface area (TPSA) is 101 Å². The molecule has 2 aromatic rings. The third-order valence-corrected chi connectivity index (χ3v) is 5.42. The van der Waals surface area contributed by atoms with Gasteiger partial charge in [0.25, 0.3) is 0 Å². The normalized spacial score (nSPS) is 13.0. The molecule has 0 fully saturated rings. The molecule has 9 heteroatoms. The van der Waals surface area contributed by atoms with Crippen LogP contribution in [0.5, 0.6) is 5.75 Å². The molecule has 0 amide bonds. The first-order chi connectivity index (χ1) is 10.2. The number of benzene rings is 2. The van der Waals surface area contributed by atoms with E-state index in [9.17, 15) is 21.4 Å². The van der Waals surface area contributed by atoms with Gasteiger partial charge >= 0.3 is 39.7 Å². The van der Waals surface area contributed by atoms with E-state index in [1.807, 2.05) is 0 Å². The summed E-state index contributed by atoms with van der Waals surface area (Å²) < 4.78 is 61.8. The first kappa shape index (κ1) is 20.1. The molecular formula is C14H13NaO6S2. The summed E-state index contributed by atoms with van der Waals surface area (Å²) in [5.74, 6) is 0.0306. The van der Waals surface area contributed by atoms with Gasteiger partial charge in [-0.15, -0.1) is 0 Å². The van der Waals surface area contributed by atoms with Crippen LogP contribution in [0.25, 0.3) is 0 Å². The van der Waals surface area contributed by atoms with Crippen LogP contribution in [-0.2, 0) is 20.2 Å². The van der Waals surface area contributed by atoms with Gasteiger partial charge in [-0.25, -0.2) is 8.42 Å². The second-order valence-corrected chi connectivity index (χ2v) is 7.79. The third-order valence-electron chi connectivity index (χ3n) is 3.02. The summed E-state index contributed by atoms with van der Waals surface area (Å²) >= 11 is 0. The zero-order valence-corrected chi connectivity index (χ0v) is 16.2. The molecule has 0 aromatic heterocycles. The summed E-state index contributed by atoms with van der Waals surface area (Å²) in [7, 11) is -8.41. The van der Waals surface area contributed by atoms with Gasteiger partial charge in [-0.3, -0.25) is 0 Å². The Morgan fingerprint density at radius 2 is 1.43 bits per heavy atom. The van der Waals surface area contributed by atoms with Crippen molar-refractivity contribution in [2.75, 3.05) is 0 Å². The molecule has 6 nitrogen and oxygen atoms in total. The predicted molar refractivity (Wildman–Crippen MR) is 78.8 cm³/mol. The standard InChI is InChI=1S/C14H14O6S2.Na/c1-11(21(15,16)17)12-7-9-13(10-8-12)20-22(18,19)14-5-3-2-4-6-14;/h2-11H,1H3,(H,15,16,17);/q;+1/p-1. The molecule has 0 radical (unpaired) electrons. The van der Waals surface area contributed by atoms with Gasteiger partial charge in [0.05, 0.1) is 5.25 Å². The van der Waals surface area contributed by atoms with E-state index in [0.29, 0.717) is 0 Å².